The van der Waals surface area contributed by atoms with Gasteiger partial charge in [-0.3, -0.25) is 9.59 Å². The molecule has 7 heteroatoms. The van der Waals surface area contributed by atoms with Crippen molar-refractivity contribution in [3.63, 3.8) is 0 Å². The highest BCUT2D eigenvalue weighted by Crippen LogP contribution is 2.46. The predicted molar refractivity (Wildman–Crippen MR) is 60.1 cm³/mol. The first-order chi connectivity index (χ1) is 7.86. The summed E-state index contributed by atoms with van der Waals surface area (Å²) in [7, 11) is -3.52. The van der Waals surface area contributed by atoms with Crippen molar-refractivity contribution in [1.82, 2.24) is 4.72 Å². The maximum absolute atomic E-state index is 11.4. The van der Waals surface area contributed by atoms with Crippen molar-refractivity contribution in [3.05, 3.63) is 12.2 Å². The lowest BCUT2D eigenvalue weighted by molar-refractivity contribution is -0.121. The second-order valence-electron chi connectivity index (χ2n) is 4.56. The lowest BCUT2D eigenvalue weighted by atomic mass is 10.1. The van der Waals surface area contributed by atoms with E-state index in [9.17, 15) is 18.0 Å². The van der Waals surface area contributed by atoms with Gasteiger partial charge in [0.2, 0.25) is 15.9 Å². The molecular formula is C10H14N2O4S. The minimum atomic E-state index is -3.52. The molecule has 2 fully saturated rings. The van der Waals surface area contributed by atoms with Gasteiger partial charge in [0.15, 0.2) is 0 Å². The molecule has 2 amide bonds. The standard InChI is InChI=1S/C10H14N2O4S/c11-9(14)10(5-6-10)4-3-8(13)12-17(15,16)7-1-2-7/h3-4,7H,1-2,5-6H2,(H2,11,14)(H,12,13). The summed E-state index contributed by atoms with van der Waals surface area (Å²) >= 11 is 0. The van der Waals surface area contributed by atoms with Gasteiger partial charge < -0.3 is 5.73 Å². The normalized spacial score (nSPS) is 22.4. The Balaban J connectivity index is 1.94. The fourth-order valence-electron chi connectivity index (χ4n) is 1.50. The molecule has 6 nitrogen and oxygen atoms in total. The first kappa shape index (κ1) is 12.1. The van der Waals surface area contributed by atoms with E-state index < -0.39 is 32.5 Å². The SMILES string of the molecule is NC(=O)C1(C=CC(=O)NS(=O)(=O)C2CC2)CC1. The highest BCUT2D eigenvalue weighted by atomic mass is 32.2. The molecule has 0 unspecified atom stereocenters. The Labute approximate surface area is 99.3 Å². The Morgan fingerprint density at radius 1 is 1.29 bits per heavy atom. The molecule has 0 aromatic heterocycles. The van der Waals surface area contributed by atoms with Gasteiger partial charge in [0.25, 0.3) is 5.91 Å². The van der Waals surface area contributed by atoms with Gasteiger partial charge in [-0.1, -0.05) is 6.08 Å². The second-order valence-corrected chi connectivity index (χ2v) is 6.53. The highest BCUT2D eigenvalue weighted by molar-refractivity contribution is 7.91. The van der Waals surface area contributed by atoms with E-state index in [4.69, 9.17) is 5.73 Å². The van der Waals surface area contributed by atoms with Gasteiger partial charge in [-0.15, -0.1) is 0 Å². The van der Waals surface area contributed by atoms with Gasteiger partial charge in [0, 0.05) is 6.08 Å². The lowest BCUT2D eigenvalue weighted by Gasteiger charge is -2.04. The topological polar surface area (TPSA) is 106 Å². The van der Waals surface area contributed by atoms with Crippen LogP contribution in [-0.4, -0.2) is 25.5 Å². The summed E-state index contributed by atoms with van der Waals surface area (Å²) in [5.41, 5.74) is 4.43. The smallest absolute Gasteiger partial charge is 0.257 e. The monoisotopic (exact) mass is 258 g/mol. The molecule has 0 saturated heterocycles. The Kier molecular flexibility index (Phi) is 2.73. The molecule has 94 valence electrons. The van der Waals surface area contributed by atoms with Crippen molar-refractivity contribution in [3.8, 4) is 0 Å². The van der Waals surface area contributed by atoms with Crippen molar-refractivity contribution in [2.24, 2.45) is 11.1 Å². The van der Waals surface area contributed by atoms with Crippen molar-refractivity contribution in [2.45, 2.75) is 30.9 Å². The molecule has 0 atom stereocenters. The van der Waals surface area contributed by atoms with E-state index >= 15 is 0 Å². The third-order valence-electron chi connectivity index (χ3n) is 3.04. The number of hydrogen-bond donors (Lipinski definition) is 2. The summed E-state index contributed by atoms with van der Waals surface area (Å²) in [5.74, 6) is -1.20. The first-order valence-electron chi connectivity index (χ1n) is 5.40. The summed E-state index contributed by atoms with van der Waals surface area (Å²) in [4.78, 5) is 22.4. The van der Waals surface area contributed by atoms with Crippen LogP contribution in [0.25, 0.3) is 0 Å². The van der Waals surface area contributed by atoms with E-state index in [0.29, 0.717) is 25.7 Å². The zero-order chi connectivity index (χ0) is 12.7. The fraction of sp³-hybridized carbons (Fsp3) is 0.600. The average molecular weight is 258 g/mol. The summed E-state index contributed by atoms with van der Waals surface area (Å²) in [6, 6.07) is 0. The molecule has 0 spiro atoms. The van der Waals surface area contributed by atoms with Crippen LogP contribution in [0.4, 0.5) is 0 Å². The van der Waals surface area contributed by atoms with Crippen molar-refractivity contribution in [1.29, 1.82) is 0 Å². The molecule has 0 aromatic rings. The number of hydrogen-bond acceptors (Lipinski definition) is 4. The fourth-order valence-corrected chi connectivity index (χ4v) is 2.77. The van der Waals surface area contributed by atoms with Crippen molar-refractivity contribution in [2.75, 3.05) is 0 Å². The highest BCUT2D eigenvalue weighted by Gasteiger charge is 2.46. The lowest BCUT2D eigenvalue weighted by Crippen LogP contribution is -2.32. The molecule has 2 aliphatic rings. The third kappa shape index (κ3) is 2.66. The number of primary amides is 1. The van der Waals surface area contributed by atoms with Crippen molar-refractivity contribution < 1.29 is 18.0 Å². The van der Waals surface area contributed by atoms with E-state index in [2.05, 4.69) is 0 Å². The average Bonchev–Trinajstić information content (AvgIpc) is 3.07. The van der Waals surface area contributed by atoms with Crippen LogP contribution in [-0.2, 0) is 19.6 Å². The van der Waals surface area contributed by atoms with Gasteiger partial charge >= 0.3 is 0 Å². The van der Waals surface area contributed by atoms with Gasteiger partial charge in [0.05, 0.1) is 10.7 Å². The number of nitrogens with one attached hydrogen (secondary N) is 1. The zero-order valence-corrected chi connectivity index (χ0v) is 10.00. The van der Waals surface area contributed by atoms with E-state index in [0.717, 1.165) is 6.08 Å². The van der Waals surface area contributed by atoms with Gasteiger partial charge in [-0.2, -0.15) is 0 Å². The number of sulfonamides is 1. The third-order valence-corrected chi connectivity index (χ3v) is 4.87. The summed E-state index contributed by atoms with van der Waals surface area (Å²) in [5, 5.41) is -0.439. The van der Waals surface area contributed by atoms with Crippen LogP contribution in [0.5, 0.6) is 0 Å². The van der Waals surface area contributed by atoms with Crippen LogP contribution in [0.1, 0.15) is 25.7 Å². The largest absolute Gasteiger partial charge is 0.369 e. The number of amides is 2. The number of carbonyl (C=O) groups excluding carboxylic acids is 2. The first-order valence-corrected chi connectivity index (χ1v) is 6.95. The number of nitrogens with two attached hydrogens (primary N) is 1. The van der Waals surface area contributed by atoms with Crippen LogP contribution in [0.2, 0.25) is 0 Å². The Hall–Kier alpha value is -1.37. The Bertz CT molecular complexity index is 486. The molecular weight excluding hydrogens is 244 g/mol. The van der Waals surface area contributed by atoms with E-state index in [1.54, 1.807) is 0 Å². The minimum absolute atomic E-state index is 0.439. The van der Waals surface area contributed by atoms with Crippen LogP contribution in [0.3, 0.4) is 0 Å². The van der Waals surface area contributed by atoms with Crippen LogP contribution >= 0.6 is 0 Å². The number of rotatable bonds is 5. The summed E-state index contributed by atoms with van der Waals surface area (Å²) in [6.07, 6.45) is 4.89. The molecule has 0 aliphatic heterocycles. The molecule has 3 N–H and O–H groups in total. The summed E-state index contributed by atoms with van der Waals surface area (Å²) < 4.78 is 24.8. The molecule has 0 heterocycles. The van der Waals surface area contributed by atoms with E-state index in [1.807, 2.05) is 4.72 Å². The van der Waals surface area contributed by atoms with Crippen LogP contribution in [0, 0.1) is 5.41 Å². The van der Waals surface area contributed by atoms with Gasteiger partial charge in [-0.05, 0) is 25.7 Å². The maximum atomic E-state index is 11.4. The van der Waals surface area contributed by atoms with Crippen molar-refractivity contribution >= 4 is 21.8 Å². The summed E-state index contributed by atoms with van der Waals surface area (Å²) in [6.45, 7) is 0. The second kappa shape index (κ2) is 3.83. The quantitative estimate of drug-likeness (QED) is 0.643. The van der Waals surface area contributed by atoms with E-state index in [-0.39, 0.29) is 0 Å². The minimum Gasteiger partial charge on any atom is -0.369 e. The molecule has 2 saturated carbocycles. The van der Waals surface area contributed by atoms with Crippen LogP contribution in [0.15, 0.2) is 12.2 Å². The maximum Gasteiger partial charge on any atom is 0.257 e. The molecule has 17 heavy (non-hydrogen) atoms. The molecule has 0 aromatic carbocycles. The molecule has 2 rings (SSSR count). The van der Waals surface area contributed by atoms with E-state index in [1.165, 1.54) is 6.08 Å². The Morgan fingerprint density at radius 3 is 2.29 bits per heavy atom. The zero-order valence-electron chi connectivity index (χ0n) is 9.18. The van der Waals surface area contributed by atoms with Crippen LogP contribution < -0.4 is 10.5 Å². The predicted octanol–water partition coefficient (Wildman–Crippen LogP) is -0.584. The molecule has 0 bridgehead atoms. The number of carbonyl (C=O) groups is 2. The molecule has 0 radical (unpaired) electrons. The van der Waals surface area contributed by atoms with Gasteiger partial charge in [-0.25, -0.2) is 13.1 Å². The Morgan fingerprint density at radius 2 is 1.88 bits per heavy atom. The van der Waals surface area contributed by atoms with Gasteiger partial charge in [0.1, 0.15) is 0 Å². The molecule has 2 aliphatic carbocycles.